The van der Waals surface area contributed by atoms with Crippen molar-refractivity contribution in [1.82, 2.24) is 9.97 Å². The van der Waals surface area contributed by atoms with Gasteiger partial charge in [-0.2, -0.15) is 11.8 Å². The molecule has 0 amide bonds. The number of nitrogens with zero attached hydrogens (tertiary/aromatic N) is 2. The average Bonchev–Trinajstić information content (AvgIpc) is 2.75. The summed E-state index contributed by atoms with van der Waals surface area (Å²) in [6.07, 6.45) is 1.62. The van der Waals surface area contributed by atoms with E-state index in [1.54, 1.807) is 17.7 Å². The van der Waals surface area contributed by atoms with Gasteiger partial charge >= 0.3 is 0 Å². The Morgan fingerprint density at radius 1 is 1.50 bits per heavy atom. The zero-order valence-corrected chi connectivity index (χ0v) is 11.1. The van der Waals surface area contributed by atoms with Gasteiger partial charge in [0, 0.05) is 11.8 Å². The summed E-state index contributed by atoms with van der Waals surface area (Å²) >= 11 is 3.63. The quantitative estimate of drug-likeness (QED) is 0.887. The fraction of sp³-hybridized carbons (Fsp3) is 0.455. The summed E-state index contributed by atoms with van der Waals surface area (Å²) in [5.74, 6) is 3.22. The number of rotatable bonds is 5. The van der Waals surface area contributed by atoms with E-state index < -0.39 is 0 Å². The molecule has 0 radical (unpaired) electrons. The molecule has 2 aromatic rings. The van der Waals surface area contributed by atoms with E-state index >= 15 is 0 Å². The molecule has 1 N–H and O–H groups in total. The lowest BCUT2D eigenvalue weighted by Crippen LogP contribution is -2.18. The number of thiophene rings is 1. The van der Waals surface area contributed by atoms with Crippen LogP contribution in [0.1, 0.15) is 13.8 Å². The second-order valence-electron chi connectivity index (χ2n) is 3.56. The maximum absolute atomic E-state index is 4.31. The molecule has 0 spiro atoms. The van der Waals surface area contributed by atoms with Crippen LogP contribution in [0, 0.1) is 0 Å². The van der Waals surface area contributed by atoms with Crippen LogP contribution in [-0.2, 0) is 0 Å². The Morgan fingerprint density at radius 3 is 3.19 bits per heavy atom. The molecule has 0 aliphatic rings. The van der Waals surface area contributed by atoms with Crippen molar-refractivity contribution in [3.63, 3.8) is 0 Å². The molecule has 1 atom stereocenters. The van der Waals surface area contributed by atoms with Crippen molar-refractivity contribution in [2.75, 3.05) is 16.8 Å². The molecule has 2 aromatic heterocycles. The zero-order chi connectivity index (χ0) is 11.4. The maximum atomic E-state index is 4.31. The number of hydrogen-bond acceptors (Lipinski definition) is 5. The van der Waals surface area contributed by atoms with E-state index in [0.29, 0.717) is 6.04 Å². The molecule has 0 bridgehead atoms. The Bertz CT molecular complexity index is 455. The van der Waals surface area contributed by atoms with Crippen LogP contribution in [0.15, 0.2) is 17.8 Å². The number of thioether (sulfide) groups is 1. The van der Waals surface area contributed by atoms with Crippen LogP contribution in [0.3, 0.4) is 0 Å². The van der Waals surface area contributed by atoms with Crippen molar-refractivity contribution in [1.29, 1.82) is 0 Å². The monoisotopic (exact) mass is 253 g/mol. The fourth-order valence-corrected chi connectivity index (χ4v) is 2.93. The second kappa shape index (κ2) is 5.50. The molecular formula is C11H15N3S2. The van der Waals surface area contributed by atoms with Crippen LogP contribution in [0.2, 0.25) is 0 Å². The van der Waals surface area contributed by atoms with Crippen molar-refractivity contribution in [3.05, 3.63) is 17.8 Å². The van der Waals surface area contributed by atoms with Gasteiger partial charge < -0.3 is 5.32 Å². The number of hydrogen-bond donors (Lipinski definition) is 1. The van der Waals surface area contributed by atoms with E-state index in [-0.39, 0.29) is 0 Å². The van der Waals surface area contributed by atoms with Crippen molar-refractivity contribution in [2.45, 2.75) is 19.9 Å². The molecule has 1 unspecified atom stereocenters. The van der Waals surface area contributed by atoms with Crippen LogP contribution in [0.25, 0.3) is 10.2 Å². The lowest BCUT2D eigenvalue weighted by molar-refractivity contribution is 0.904. The third kappa shape index (κ3) is 2.65. The van der Waals surface area contributed by atoms with Crippen LogP contribution in [0.5, 0.6) is 0 Å². The third-order valence-electron chi connectivity index (χ3n) is 2.20. The first-order chi connectivity index (χ1) is 7.81. The van der Waals surface area contributed by atoms with Gasteiger partial charge in [0.1, 0.15) is 12.1 Å². The Morgan fingerprint density at radius 2 is 2.38 bits per heavy atom. The molecule has 0 saturated heterocycles. The average molecular weight is 253 g/mol. The smallest absolute Gasteiger partial charge is 0.147 e. The minimum Gasteiger partial charge on any atom is -0.365 e. The van der Waals surface area contributed by atoms with Gasteiger partial charge in [0.2, 0.25) is 0 Å². The van der Waals surface area contributed by atoms with Crippen LogP contribution >= 0.6 is 23.1 Å². The van der Waals surface area contributed by atoms with Gasteiger partial charge in [0.15, 0.2) is 0 Å². The van der Waals surface area contributed by atoms with Gasteiger partial charge in [-0.3, -0.25) is 0 Å². The summed E-state index contributed by atoms with van der Waals surface area (Å²) in [6, 6.07) is 2.46. The standard InChI is InChI=1S/C11H15N3S2/c1-3-15-6-8(2)14-11-10-9(4-5-16-10)12-7-13-11/h4-5,7-8H,3,6H2,1-2H3,(H,12,13,14). The minimum absolute atomic E-state index is 0.435. The van der Waals surface area contributed by atoms with Crippen molar-refractivity contribution < 1.29 is 0 Å². The largest absolute Gasteiger partial charge is 0.365 e. The van der Waals surface area contributed by atoms with E-state index in [2.05, 4.69) is 34.5 Å². The summed E-state index contributed by atoms with van der Waals surface area (Å²) in [5, 5.41) is 5.50. The number of anilines is 1. The molecular weight excluding hydrogens is 238 g/mol. The van der Waals surface area contributed by atoms with Crippen LogP contribution in [-0.4, -0.2) is 27.5 Å². The Hall–Kier alpha value is -0.810. The highest BCUT2D eigenvalue weighted by molar-refractivity contribution is 7.99. The summed E-state index contributed by atoms with van der Waals surface area (Å²) in [5.41, 5.74) is 1.03. The number of aromatic nitrogens is 2. The van der Waals surface area contributed by atoms with Gasteiger partial charge in [-0.25, -0.2) is 9.97 Å². The Balaban J connectivity index is 2.11. The van der Waals surface area contributed by atoms with Crippen molar-refractivity contribution in [3.8, 4) is 0 Å². The fourth-order valence-electron chi connectivity index (χ4n) is 1.46. The first kappa shape index (κ1) is 11.7. The summed E-state index contributed by atoms with van der Waals surface area (Å²) in [6.45, 7) is 4.36. The topological polar surface area (TPSA) is 37.8 Å². The number of fused-ring (bicyclic) bond motifs is 1. The summed E-state index contributed by atoms with van der Waals surface area (Å²) in [4.78, 5) is 8.53. The first-order valence-electron chi connectivity index (χ1n) is 5.33. The normalized spacial score (nSPS) is 12.9. The highest BCUT2D eigenvalue weighted by Gasteiger charge is 2.07. The second-order valence-corrected chi connectivity index (χ2v) is 5.80. The molecule has 16 heavy (non-hydrogen) atoms. The molecule has 0 aliphatic carbocycles. The molecule has 0 saturated carbocycles. The molecule has 2 rings (SSSR count). The Kier molecular flexibility index (Phi) is 4.01. The van der Waals surface area contributed by atoms with Crippen molar-refractivity contribution >= 4 is 39.1 Å². The molecule has 86 valence electrons. The highest BCUT2D eigenvalue weighted by atomic mass is 32.2. The van der Waals surface area contributed by atoms with E-state index in [0.717, 1.165) is 27.5 Å². The molecule has 0 aromatic carbocycles. The SMILES string of the molecule is CCSCC(C)Nc1ncnc2ccsc12. The first-order valence-corrected chi connectivity index (χ1v) is 7.37. The Labute approximate surface area is 104 Å². The third-order valence-corrected chi connectivity index (χ3v) is 4.25. The van der Waals surface area contributed by atoms with Crippen molar-refractivity contribution in [2.24, 2.45) is 0 Å². The number of nitrogens with one attached hydrogen (secondary N) is 1. The van der Waals surface area contributed by atoms with Crippen LogP contribution < -0.4 is 5.32 Å². The van der Waals surface area contributed by atoms with E-state index in [4.69, 9.17) is 0 Å². The van der Waals surface area contributed by atoms with Gasteiger partial charge in [0.25, 0.3) is 0 Å². The van der Waals surface area contributed by atoms with Gasteiger partial charge in [-0.05, 0) is 24.1 Å². The predicted octanol–water partition coefficient (Wildman–Crippen LogP) is 3.24. The van der Waals surface area contributed by atoms with E-state index in [1.165, 1.54) is 0 Å². The summed E-state index contributed by atoms with van der Waals surface area (Å²) < 4.78 is 1.15. The lowest BCUT2D eigenvalue weighted by Gasteiger charge is -2.13. The maximum Gasteiger partial charge on any atom is 0.147 e. The van der Waals surface area contributed by atoms with Gasteiger partial charge in [-0.15, -0.1) is 11.3 Å². The predicted molar refractivity (Wildman–Crippen MR) is 73.5 cm³/mol. The molecule has 0 fully saturated rings. The highest BCUT2D eigenvalue weighted by Crippen LogP contribution is 2.25. The molecule has 0 aliphatic heterocycles. The molecule has 2 heterocycles. The zero-order valence-electron chi connectivity index (χ0n) is 9.43. The van der Waals surface area contributed by atoms with Gasteiger partial charge in [0.05, 0.1) is 10.2 Å². The van der Waals surface area contributed by atoms with Crippen LogP contribution in [0.4, 0.5) is 5.82 Å². The summed E-state index contributed by atoms with van der Waals surface area (Å²) in [7, 11) is 0. The van der Waals surface area contributed by atoms with Gasteiger partial charge in [-0.1, -0.05) is 6.92 Å². The molecule has 3 nitrogen and oxygen atoms in total. The van der Waals surface area contributed by atoms with E-state index in [1.807, 2.05) is 17.8 Å². The lowest BCUT2D eigenvalue weighted by atomic mass is 10.3. The van der Waals surface area contributed by atoms with E-state index in [9.17, 15) is 0 Å². The minimum atomic E-state index is 0.435. The molecule has 5 heteroatoms.